The first-order chi connectivity index (χ1) is 13.0. The van der Waals surface area contributed by atoms with Gasteiger partial charge in [-0.3, -0.25) is 5.73 Å². The Balaban J connectivity index is 1.75. The summed E-state index contributed by atoms with van der Waals surface area (Å²) in [4.78, 5) is 6.37. The number of hydrogen-bond acceptors (Lipinski definition) is 6. The minimum absolute atomic E-state index is 0.439. The fourth-order valence-electron chi connectivity index (χ4n) is 3.99. The average Bonchev–Trinajstić information content (AvgIpc) is 3.02. The number of nitrogens with two attached hydrogens (primary N) is 1. The predicted molar refractivity (Wildman–Crippen MR) is 103 cm³/mol. The number of halogens is 2. The average molecular weight is 430 g/mol. The lowest BCUT2D eigenvalue weighted by molar-refractivity contribution is 0.433. The van der Waals surface area contributed by atoms with E-state index in [1.807, 2.05) is 25.1 Å². The van der Waals surface area contributed by atoms with Crippen molar-refractivity contribution < 1.29 is 4.39 Å². The summed E-state index contributed by atoms with van der Waals surface area (Å²) in [5, 5.41) is 11.6. The van der Waals surface area contributed by atoms with Gasteiger partial charge in [-0.15, -0.1) is 10.2 Å². The van der Waals surface area contributed by atoms with E-state index in [0.717, 1.165) is 29.5 Å². The third kappa shape index (κ3) is 2.31. The molecule has 1 aromatic carbocycles. The van der Waals surface area contributed by atoms with Crippen molar-refractivity contribution in [2.24, 2.45) is 5.73 Å². The molecule has 27 heavy (non-hydrogen) atoms. The quantitative estimate of drug-likeness (QED) is 0.618. The van der Waals surface area contributed by atoms with Gasteiger partial charge in [-0.1, -0.05) is 22.0 Å². The Hall–Kier alpha value is -2.52. The maximum Gasteiger partial charge on any atom is 0.233 e. The van der Waals surface area contributed by atoms with E-state index in [9.17, 15) is 4.39 Å². The Morgan fingerprint density at radius 2 is 2.19 bits per heavy atom. The van der Waals surface area contributed by atoms with Gasteiger partial charge < -0.3 is 10.2 Å². The van der Waals surface area contributed by atoms with Crippen LogP contribution < -0.4 is 16.0 Å². The minimum Gasteiger partial charge on any atom is -0.332 e. The molecule has 5 rings (SSSR count). The highest BCUT2D eigenvalue weighted by molar-refractivity contribution is 9.10. The topological polar surface area (TPSA) is 84.9 Å². The zero-order valence-electron chi connectivity index (χ0n) is 14.6. The second-order valence-corrected chi connectivity index (χ2v) is 7.67. The molecule has 3 N–H and O–H groups in total. The van der Waals surface area contributed by atoms with Crippen molar-refractivity contribution in [1.82, 2.24) is 19.7 Å². The summed E-state index contributed by atoms with van der Waals surface area (Å²) in [6, 6.07) is 7.47. The molecule has 7 nitrogen and oxygen atoms in total. The highest BCUT2D eigenvalue weighted by atomic mass is 79.9. The van der Waals surface area contributed by atoms with Crippen LogP contribution in [-0.2, 0) is 12.2 Å². The van der Waals surface area contributed by atoms with Gasteiger partial charge in [-0.2, -0.15) is 0 Å². The zero-order chi connectivity index (χ0) is 18.8. The van der Waals surface area contributed by atoms with Crippen LogP contribution in [0.4, 0.5) is 16.0 Å². The van der Waals surface area contributed by atoms with Gasteiger partial charge in [0, 0.05) is 16.7 Å². The second kappa shape index (κ2) is 5.74. The van der Waals surface area contributed by atoms with Gasteiger partial charge >= 0.3 is 0 Å². The van der Waals surface area contributed by atoms with Crippen molar-refractivity contribution in [3.05, 3.63) is 57.7 Å². The van der Waals surface area contributed by atoms with Crippen LogP contribution in [0.25, 0.3) is 5.82 Å². The standard InChI is InChI=1S/C18H17BrFN7/c1-10-24-25-17-23-18(21,13-8-11(20)9-22-16(13)27(10)17)26-7-3-4-12-14(19)5-2-6-15(12)26/h2,5-6,8-9H,3-4,7,21H2,1H3,(H,23,25). The van der Waals surface area contributed by atoms with Gasteiger partial charge in [0.25, 0.3) is 0 Å². The summed E-state index contributed by atoms with van der Waals surface area (Å²) in [7, 11) is 0. The van der Waals surface area contributed by atoms with E-state index in [2.05, 4.69) is 41.3 Å². The third-order valence-corrected chi connectivity index (χ3v) is 5.95. The van der Waals surface area contributed by atoms with Crippen LogP contribution in [0.5, 0.6) is 0 Å². The van der Waals surface area contributed by atoms with E-state index in [4.69, 9.17) is 5.73 Å². The molecule has 0 fully saturated rings. The molecule has 0 bridgehead atoms. The lowest BCUT2D eigenvalue weighted by atomic mass is 9.96. The molecule has 0 saturated heterocycles. The first-order valence-corrected chi connectivity index (χ1v) is 9.49. The van der Waals surface area contributed by atoms with Crippen LogP contribution in [0.1, 0.15) is 23.4 Å². The SMILES string of the molecule is Cc1nnc2n1-c1ncc(F)cc1C(N)(N1CCCc3c(Br)cccc31)N2. The van der Waals surface area contributed by atoms with Crippen molar-refractivity contribution in [2.75, 3.05) is 16.8 Å². The zero-order valence-corrected chi connectivity index (χ0v) is 16.2. The van der Waals surface area contributed by atoms with Gasteiger partial charge in [0.05, 0.1) is 11.8 Å². The Bertz CT molecular complexity index is 1070. The van der Waals surface area contributed by atoms with Crippen LogP contribution in [0, 0.1) is 12.7 Å². The smallest absolute Gasteiger partial charge is 0.233 e. The van der Waals surface area contributed by atoms with Crippen molar-refractivity contribution in [3.8, 4) is 5.82 Å². The molecule has 0 aliphatic carbocycles. The van der Waals surface area contributed by atoms with Crippen molar-refractivity contribution >= 4 is 27.6 Å². The summed E-state index contributed by atoms with van der Waals surface area (Å²) < 4.78 is 17.0. The van der Waals surface area contributed by atoms with Gasteiger partial charge in [0.15, 0.2) is 5.79 Å². The molecule has 3 aromatic rings. The number of benzene rings is 1. The number of anilines is 2. The van der Waals surface area contributed by atoms with Gasteiger partial charge in [-0.05, 0) is 43.5 Å². The molecule has 4 heterocycles. The van der Waals surface area contributed by atoms with Crippen molar-refractivity contribution in [2.45, 2.75) is 25.6 Å². The molecule has 0 radical (unpaired) electrons. The number of nitrogens with one attached hydrogen (secondary N) is 1. The minimum atomic E-state index is -1.20. The summed E-state index contributed by atoms with van der Waals surface area (Å²) in [6.07, 6.45) is 3.07. The molecular weight excluding hydrogens is 413 g/mol. The predicted octanol–water partition coefficient (Wildman–Crippen LogP) is 2.82. The number of aryl methyl sites for hydroxylation is 1. The first-order valence-electron chi connectivity index (χ1n) is 8.69. The van der Waals surface area contributed by atoms with Crippen LogP contribution in [0.15, 0.2) is 34.9 Å². The number of hydrogen-bond donors (Lipinski definition) is 2. The van der Waals surface area contributed by atoms with E-state index >= 15 is 0 Å². The Kier molecular flexibility index (Phi) is 3.54. The molecule has 2 aliphatic heterocycles. The molecule has 1 atom stereocenters. The Labute approximate surface area is 163 Å². The normalized spacial score (nSPS) is 20.5. The molecule has 0 amide bonds. The van der Waals surface area contributed by atoms with Crippen LogP contribution in [0.2, 0.25) is 0 Å². The maximum atomic E-state index is 14.2. The van der Waals surface area contributed by atoms with Crippen LogP contribution >= 0.6 is 15.9 Å². The van der Waals surface area contributed by atoms with Crippen LogP contribution in [0.3, 0.4) is 0 Å². The number of rotatable bonds is 1. The third-order valence-electron chi connectivity index (χ3n) is 5.20. The highest BCUT2D eigenvalue weighted by Gasteiger charge is 2.44. The Morgan fingerprint density at radius 1 is 1.33 bits per heavy atom. The van der Waals surface area contributed by atoms with Crippen molar-refractivity contribution in [3.63, 3.8) is 0 Å². The summed E-state index contributed by atoms with van der Waals surface area (Å²) in [6.45, 7) is 2.54. The number of aromatic nitrogens is 4. The summed E-state index contributed by atoms with van der Waals surface area (Å²) >= 11 is 3.64. The van der Waals surface area contributed by atoms with E-state index in [1.165, 1.54) is 17.8 Å². The van der Waals surface area contributed by atoms with Crippen LogP contribution in [-0.4, -0.2) is 26.3 Å². The molecule has 0 spiro atoms. The van der Waals surface area contributed by atoms with E-state index in [0.29, 0.717) is 23.2 Å². The van der Waals surface area contributed by atoms with E-state index in [1.54, 1.807) is 4.57 Å². The number of pyridine rings is 1. The van der Waals surface area contributed by atoms with Gasteiger partial charge in [0.1, 0.15) is 17.5 Å². The van der Waals surface area contributed by atoms with Gasteiger partial charge in [0.2, 0.25) is 5.95 Å². The van der Waals surface area contributed by atoms with Crippen molar-refractivity contribution in [1.29, 1.82) is 0 Å². The highest BCUT2D eigenvalue weighted by Crippen LogP contribution is 2.42. The maximum absolute atomic E-state index is 14.2. The molecule has 0 saturated carbocycles. The molecule has 138 valence electrons. The molecule has 2 aromatic heterocycles. The summed E-state index contributed by atoms with van der Waals surface area (Å²) in [5.41, 5.74) is 9.65. The fraction of sp³-hybridized carbons (Fsp3) is 0.278. The fourth-order valence-corrected chi connectivity index (χ4v) is 4.54. The van der Waals surface area contributed by atoms with E-state index < -0.39 is 11.6 Å². The molecule has 9 heteroatoms. The van der Waals surface area contributed by atoms with Gasteiger partial charge in [-0.25, -0.2) is 13.9 Å². The Morgan fingerprint density at radius 3 is 3.04 bits per heavy atom. The number of nitrogens with zero attached hydrogens (tertiary/aromatic N) is 5. The molecule has 1 unspecified atom stereocenters. The lowest BCUT2D eigenvalue weighted by Crippen LogP contribution is -2.62. The van der Waals surface area contributed by atoms with E-state index in [-0.39, 0.29) is 0 Å². The monoisotopic (exact) mass is 429 g/mol. The lowest BCUT2D eigenvalue weighted by Gasteiger charge is -2.48. The first kappa shape index (κ1) is 16.6. The second-order valence-electron chi connectivity index (χ2n) is 6.82. The summed E-state index contributed by atoms with van der Waals surface area (Å²) in [5.74, 6) is 0.0456. The largest absolute Gasteiger partial charge is 0.332 e. The molecular formula is C18H17BrFN7. The molecule has 2 aliphatic rings. The number of fused-ring (bicyclic) bond motifs is 4.